The van der Waals surface area contributed by atoms with Crippen LogP contribution >= 0.6 is 0 Å². The van der Waals surface area contributed by atoms with Crippen molar-refractivity contribution in [3.8, 4) is 0 Å². The topological polar surface area (TPSA) is 3.24 Å². The maximum Gasteiger partial charge on any atom is 4.00 e. The molecule has 2 rings (SSSR count). The molecular formula is C41H71NTi+4. The molecule has 0 saturated carbocycles. The van der Waals surface area contributed by atoms with E-state index in [0.717, 1.165) is 5.57 Å². The van der Waals surface area contributed by atoms with Crippen LogP contribution < -0.4 is 0 Å². The van der Waals surface area contributed by atoms with Crippen LogP contribution in [0.5, 0.6) is 0 Å². The average Bonchev–Trinajstić information content (AvgIpc) is 3.28. The van der Waals surface area contributed by atoms with Gasteiger partial charge in [0.2, 0.25) is 0 Å². The van der Waals surface area contributed by atoms with Gasteiger partial charge in [0.15, 0.2) is 0 Å². The molecule has 0 N–H and O–H groups in total. The Hall–Kier alpha value is -0.886. The number of fused-ring (bicyclic) bond motifs is 1. The van der Waals surface area contributed by atoms with Crippen molar-refractivity contribution >= 4 is 6.08 Å². The summed E-state index contributed by atoms with van der Waals surface area (Å²) >= 11 is 0. The van der Waals surface area contributed by atoms with E-state index in [9.17, 15) is 0 Å². The quantitative estimate of drug-likeness (QED) is 0.0791. The molecule has 2 heteroatoms. The molecule has 2 atom stereocenters. The number of unbranched alkanes of at least 4 members (excludes halogenated alkanes) is 12. The molecule has 0 fully saturated rings. The van der Waals surface area contributed by atoms with E-state index in [1.54, 1.807) is 17.2 Å². The molecule has 1 aromatic rings. The zero-order valence-corrected chi connectivity index (χ0v) is 31.9. The predicted molar refractivity (Wildman–Crippen MR) is 192 cm³/mol. The summed E-state index contributed by atoms with van der Waals surface area (Å²) < 4.78 is 0. The molecule has 1 nitrogen and oxygen atoms in total. The van der Waals surface area contributed by atoms with Crippen LogP contribution in [0.25, 0.3) is 6.08 Å². The van der Waals surface area contributed by atoms with Crippen molar-refractivity contribution in [2.75, 3.05) is 6.54 Å². The van der Waals surface area contributed by atoms with Gasteiger partial charge in [-0.25, -0.2) is 0 Å². The largest absolute Gasteiger partial charge is 4.00 e. The standard InChI is InChI=1S/C36H63N.C5H8.Ti/c1-9-11-13-15-17-18-20-24-28-37(35(4,5)6)33(27-21-19-16-14-12-10-2)36(7,8)34-30(3)29-31-25-22-23-26-32(31)34;1-4-5(2)3;/h22-23,25-26,29,33-34H,9-21,24,27-28H2,1-8H3;4H,1-2H2,3H3;/q;;+4. The molecule has 0 aliphatic heterocycles. The average molecular weight is 626 g/mol. The van der Waals surface area contributed by atoms with Gasteiger partial charge < -0.3 is 0 Å². The summed E-state index contributed by atoms with van der Waals surface area (Å²) in [6.45, 7) is 29.7. The van der Waals surface area contributed by atoms with E-state index in [0.29, 0.717) is 12.0 Å². The number of hydrogen-bond donors (Lipinski definition) is 0. The minimum Gasteiger partial charge on any atom is -0.295 e. The monoisotopic (exact) mass is 626 g/mol. The molecule has 0 heterocycles. The molecule has 43 heavy (non-hydrogen) atoms. The van der Waals surface area contributed by atoms with Crippen molar-refractivity contribution in [2.24, 2.45) is 5.41 Å². The van der Waals surface area contributed by atoms with E-state index >= 15 is 0 Å². The zero-order valence-electron chi connectivity index (χ0n) is 30.3. The maximum atomic E-state index is 3.56. The van der Waals surface area contributed by atoms with Crippen LogP contribution in [0.2, 0.25) is 0 Å². The van der Waals surface area contributed by atoms with Gasteiger partial charge in [-0.3, -0.25) is 4.90 Å². The predicted octanol–water partition coefficient (Wildman–Crippen LogP) is 13.3. The normalized spacial score (nSPS) is 15.2. The second kappa shape index (κ2) is 22.6. The van der Waals surface area contributed by atoms with E-state index in [-0.39, 0.29) is 32.7 Å². The van der Waals surface area contributed by atoms with Crippen molar-refractivity contribution in [3.63, 3.8) is 0 Å². The van der Waals surface area contributed by atoms with Gasteiger partial charge in [-0.1, -0.05) is 172 Å². The molecule has 0 bridgehead atoms. The minimum atomic E-state index is 0. The molecule has 0 amide bonds. The van der Waals surface area contributed by atoms with Gasteiger partial charge in [0, 0.05) is 17.5 Å². The summed E-state index contributed by atoms with van der Waals surface area (Å²) in [5.74, 6) is 0.511. The first kappa shape index (κ1) is 42.1. The van der Waals surface area contributed by atoms with Crippen LogP contribution in [-0.4, -0.2) is 23.0 Å². The fourth-order valence-electron chi connectivity index (χ4n) is 7.08. The Morgan fingerprint density at radius 3 is 1.77 bits per heavy atom. The molecular weight excluding hydrogens is 554 g/mol. The van der Waals surface area contributed by atoms with E-state index in [4.69, 9.17) is 0 Å². The first-order valence-electron chi connectivity index (χ1n) is 17.7. The molecule has 0 saturated heterocycles. The Balaban J connectivity index is 0.00000270. The van der Waals surface area contributed by atoms with Gasteiger partial charge in [0.25, 0.3) is 0 Å². The first-order valence-corrected chi connectivity index (χ1v) is 17.7. The van der Waals surface area contributed by atoms with Crippen molar-refractivity contribution in [3.05, 3.63) is 65.8 Å². The van der Waals surface area contributed by atoms with Crippen LogP contribution in [0.4, 0.5) is 0 Å². The van der Waals surface area contributed by atoms with Crippen LogP contribution in [0.3, 0.4) is 0 Å². The first-order chi connectivity index (χ1) is 19.9. The van der Waals surface area contributed by atoms with Crippen molar-refractivity contribution in [1.82, 2.24) is 4.90 Å². The third kappa shape index (κ3) is 15.3. The SMILES string of the molecule is C=CC(=C)C.CCCCCCCCCCN(C(CCCCCCCC)C(C)(C)C1C(C)=Cc2ccccc21)C(C)(C)C.[Ti+4]. The number of allylic oxidation sites excluding steroid dienone is 3. The number of nitrogens with zero attached hydrogens (tertiary/aromatic N) is 1. The Kier molecular flexibility index (Phi) is 22.1. The molecule has 240 valence electrons. The van der Waals surface area contributed by atoms with Crippen molar-refractivity contribution in [2.45, 2.75) is 176 Å². The molecule has 2 unspecified atom stereocenters. The third-order valence-electron chi connectivity index (χ3n) is 9.42. The molecule has 0 aromatic heterocycles. The van der Waals surface area contributed by atoms with Gasteiger partial charge in [-0.2, -0.15) is 0 Å². The van der Waals surface area contributed by atoms with Gasteiger partial charge in [0.1, 0.15) is 0 Å². The molecule has 1 aliphatic carbocycles. The van der Waals surface area contributed by atoms with Gasteiger partial charge in [-0.05, 0) is 70.5 Å². The van der Waals surface area contributed by atoms with E-state index in [1.165, 1.54) is 108 Å². The molecule has 0 radical (unpaired) electrons. The van der Waals surface area contributed by atoms with Crippen LogP contribution in [0.1, 0.15) is 176 Å². The summed E-state index contributed by atoms with van der Waals surface area (Å²) in [4.78, 5) is 2.93. The van der Waals surface area contributed by atoms with E-state index in [2.05, 4.69) is 104 Å². The van der Waals surface area contributed by atoms with E-state index < -0.39 is 0 Å². The second-order valence-corrected chi connectivity index (χ2v) is 14.7. The summed E-state index contributed by atoms with van der Waals surface area (Å²) in [6, 6.07) is 9.76. The number of benzene rings is 1. The Labute approximate surface area is 285 Å². The maximum absolute atomic E-state index is 3.56. The van der Waals surface area contributed by atoms with Gasteiger partial charge in [0.05, 0.1) is 0 Å². The van der Waals surface area contributed by atoms with E-state index in [1.807, 2.05) is 6.92 Å². The Morgan fingerprint density at radius 2 is 1.28 bits per heavy atom. The van der Waals surface area contributed by atoms with Crippen molar-refractivity contribution in [1.29, 1.82) is 0 Å². The van der Waals surface area contributed by atoms with Crippen LogP contribution in [0.15, 0.2) is 54.6 Å². The second-order valence-electron chi connectivity index (χ2n) is 14.7. The summed E-state index contributed by atoms with van der Waals surface area (Å²) in [7, 11) is 0. The van der Waals surface area contributed by atoms with Gasteiger partial charge >= 0.3 is 21.7 Å². The summed E-state index contributed by atoms with van der Waals surface area (Å²) in [6.07, 6.45) is 24.9. The minimum absolute atomic E-state index is 0. The third-order valence-corrected chi connectivity index (χ3v) is 9.42. The zero-order chi connectivity index (χ0) is 31.6. The fourth-order valence-corrected chi connectivity index (χ4v) is 7.08. The molecule has 1 aliphatic rings. The number of hydrogen-bond acceptors (Lipinski definition) is 1. The molecule has 0 spiro atoms. The van der Waals surface area contributed by atoms with Crippen molar-refractivity contribution < 1.29 is 21.7 Å². The smallest absolute Gasteiger partial charge is 0.295 e. The summed E-state index contributed by atoms with van der Waals surface area (Å²) in [5.41, 5.74) is 5.94. The Morgan fingerprint density at radius 1 is 0.814 bits per heavy atom. The number of rotatable bonds is 20. The van der Waals surface area contributed by atoms with Crippen LogP contribution in [0, 0.1) is 5.41 Å². The van der Waals surface area contributed by atoms with Crippen LogP contribution in [-0.2, 0) is 21.7 Å². The molecule has 1 aromatic carbocycles. The summed E-state index contributed by atoms with van der Waals surface area (Å²) in [5, 5.41) is 0. The van der Waals surface area contributed by atoms with Gasteiger partial charge in [-0.15, -0.1) is 0 Å². The Bertz CT molecular complexity index is 918. The fraction of sp³-hybridized carbons (Fsp3) is 0.707.